The lowest BCUT2D eigenvalue weighted by atomic mass is 10.1. The zero-order valence-corrected chi connectivity index (χ0v) is 10.0. The summed E-state index contributed by atoms with van der Waals surface area (Å²) in [6.07, 6.45) is 5.58. The highest BCUT2D eigenvalue weighted by atomic mass is 14.8. The zero-order valence-electron chi connectivity index (χ0n) is 10.0. The first-order valence-corrected chi connectivity index (χ1v) is 5.68. The molecule has 0 heterocycles. The van der Waals surface area contributed by atoms with Gasteiger partial charge in [-0.05, 0) is 37.9 Å². The molecule has 0 spiro atoms. The molecule has 0 unspecified atom stereocenters. The Hall–Kier alpha value is -1.08. The topological polar surface area (TPSA) is 12.0 Å². The first kappa shape index (κ1) is 12.0. The van der Waals surface area contributed by atoms with Gasteiger partial charge in [-0.15, -0.1) is 0 Å². The highest BCUT2D eigenvalue weighted by Crippen LogP contribution is 2.11. The van der Waals surface area contributed by atoms with E-state index in [-0.39, 0.29) is 0 Å². The first-order valence-electron chi connectivity index (χ1n) is 5.68. The smallest absolute Gasteiger partial charge is 0.0138 e. The largest absolute Gasteiger partial charge is 0.313 e. The molecule has 0 aliphatic rings. The highest BCUT2D eigenvalue weighted by Gasteiger charge is 1.93. The molecule has 0 saturated carbocycles. The van der Waals surface area contributed by atoms with Gasteiger partial charge in [-0.2, -0.15) is 0 Å². The first-order chi connectivity index (χ1) is 7.24. The van der Waals surface area contributed by atoms with E-state index in [2.05, 4.69) is 56.4 Å². The quantitative estimate of drug-likeness (QED) is 0.724. The monoisotopic (exact) mass is 203 g/mol. The molecule has 0 aliphatic heterocycles. The fourth-order valence-electron chi connectivity index (χ4n) is 1.49. The fraction of sp³-hybridized carbons (Fsp3) is 0.429. The van der Waals surface area contributed by atoms with Gasteiger partial charge in [-0.25, -0.2) is 0 Å². The van der Waals surface area contributed by atoms with Crippen molar-refractivity contribution < 1.29 is 0 Å². The van der Waals surface area contributed by atoms with Crippen molar-refractivity contribution in [1.82, 2.24) is 5.32 Å². The third kappa shape index (κ3) is 4.30. The van der Waals surface area contributed by atoms with Gasteiger partial charge in [0.25, 0.3) is 0 Å². The van der Waals surface area contributed by atoms with Crippen molar-refractivity contribution in [2.24, 2.45) is 0 Å². The van der Waals surface area contributed by atoms with Crippen LogP contribution in [0.15, 0.2) is 24.3 Å². The molecule has 1 rings (SSSR count). The summed E-state index contributed by atoms with van der Waals surface area (Å²) in [5.74, 6) is 0. The average Bonchev–Trinajstić information content (AvgIpc) is 2.23. The van der Waals surface area contributed by atoms with E-state index in [0.717, 1.165) is 13.1 Å². The van der Waals surface area contributed by atoms with Gasteiger partial charge in [0.05, 0.1) is 0 Å². The van der Waals surface area contributed by atoms with Crippen LogP contribution >= 0.6 is 0 Å². The second-order valence-electron chi connectivity index (χ2n) is 3.97. The molecule has 0 atom stereocenters. The minimum Gasteiger partial charge on any atom is -0.313 e. The third-order valence-corrected chi connectivity index (χ3v) is 2.42. The molecule has 0 bridgehead atoms. The zero-order chi connectivity index (χ0) is 11.1. The normalized spacial score (nSPS) is 11.1. The SMILES string of the molecule is CCCNCC=Cc1cc(C)ccc1C. The van der Waals surface area contributed by atoms with Crippen molar-refractivity contribution in [1.29, 1.82) is 0 Å². The lowest BCUT2D eigenvalue weighted by Crippen LogP contribution is -2.13. The van der Waals surface area contributed by atoms with Crippen LogP contribution < -0.4 is 5.32 Å². The highest BCUT2D eigenvalue weighted by molar-refractivity contribution is 5.54. The van der Waals surface area contributed by atoms with Crippen LogP contribution in [0.1, 0.15) is 30.0 Å². The van der Waals surface area contributed by atoms with E-state index in [1.165, 1.54) is 23.1 Å². The molecule has 1 aromatic carbocycles. The number of nitrogens with one attached hydrogen (secondary N) is 1. The Bertz CT molecular complexity index is 326. The molecular formula is C14H21N. The molecule has 1 heteroatoms. The molecule has 15 heavy (non-hydrogen) atoms. The van der Waals surface area contributed by atoms with Gasteiger partial charge >= 0.3 is 0 Å². The van der Waals surface area contributed by atoms with Gasteiger partial charge in [-0.3, -0.25) is 0 Å². The summed E-state index contributed by atoms with van der Waals surface area (Å²) in [6.45, 7) is 8.52. The fourth-order valence-corrected chi connectivity index (χ4v) is 1.49. The average molecular weight is 203 g/mol. The van der Waals surface area contributed by atoms with Crippen molar-refractivity contribution in [3.63, 3.8) is 0 Å². The number of hydrogen-bond donors (Lipinski definition) is 1. The van der Waals surface area contributed by atoms with Gasteiger partial charge in [0, 0.05) is 6.54 Å². The summed E-state index contributed by atoms with van der Waals surface area (Å²) in [5.41, 5.74) is 3.99. The second kappa shape index (κ2) is 6.41. The Labute approximate surface area is 93.2 Å². The van der Waals surface area contributed by atoms with E-state index < -0.39 is 0 Å². The lowest BCUT2D eigenvalue weighted by molar-refractivity contribution is 0.730. The summed E-state index contributed by atoms with van der Waals surface area (Å²) in [5, 5.41) is 3.35. The van der Waals surface area contributed by atoms with Crippen LogP contribution in [0.2, 0.25) is 0 Å². The Morgan fingerprint density at radius 3 is 2.80 bits per heavy atom. The summed E-state index contributed by atoms with van der Waals surface area (Å²) in [6, 6.07) is 6.56. The minimum absolute atomic E-state index is 0.960. The molecular weight excluding hydrogens is 182 g/mol. The maximum atomic E-state index is 3.35. The van der Waals surface area contributed by atoms with Crippen molar-refractivity contribution >= 4 is 6.08 Å². The number of aryl methyl sites for hydroxylation is 2. The van der Waals surface area contributed by atoms with Crippen LogP contribution in [0.5, 0.6) is 0 Å². The van der Waals surface area contributed by atoms with E-state index in [9.17, 15) is 0 Å². The van der Waals surface area contributed by atoms with E-state index in [4.69, 9.17) is 0 Å². The Morgan fingerprint density at radius 1 is 1.27 bits per heavy atom. The van der Waals surface area contributed by atoms with E-state index in [0.29, 0.717) is 0 Å². The van der Waals surface area contributed by atoms with E-state index >= 15 is 0 Å². The molecule has 0 amide bonds. The molecule has 0 radical (unpaired) electrons. The standard InChI is InChI=1S/C14H21N/c1-4-9-15-10-5-6-14-11-12(2)7-8-13(14)3/h5-8,11,15H,4,9-10H2,1-3H3. The Morgan fingerprint density at radius 2 is 2.07 bits per heavy atom. The van der Waals surface area contributed by atoms with Gasteiger partial charge in [0.1, 0.15) is 0 Å². The maximum Gasteiger partial charge on any atom is 0.0138 e. The van der Waals surface area contributed by atoms with Crippen LogP contribution in [0.4, 0.5) is 0 Å². The van der Waals surface area contributed by atoms with E-state index in [1.807, 2.05) is 0 Å². The second-order valence-corrected chi connectivity index (χ2v) is 3.97. The molecule has 1 aromatic rings. The summed E-state index contributed by atoms with van der Waals surface area (Å²) < 4.78 is 0. The predicted molar refractivity (Wildman–Crippen MR) is 68.1 cm³/mol. The molecule has 0 aliphatic carbocycles. The minimum atomic E-state index is 0.960. The van der Waals surface area contributed by atoms with Crippen LogP contribution in [0, 0.1) is 13.8 Å². The van der Waals surface area contributed by atoms with E-state index in [1.54, 1.807) is 0 Å². The van der Waals surface area contributed by atoms with Crippen LogP contribution in [0.3, 0.4) is 0 Å². The predicted octanol–water partition coefficient (Wildman–Crippen LogP) is 3.32. The van der Waals surface area contributed by atoms with Crippen LogP contribution in [-0.2, 0) is 0 Å². The van der Waals surface area contributed by atoms with Gasteiger partial charge in [-0.1, -0.05) is 42.8 Å². The van der Waals surface area contributed by atoms with Gasteiger partial charge < -0.3 is 5.32 Å². The molecule has 82 valence electrons. The summed E-state index contributed by atoms with van der Waals surface area (Å²) in [4.78, 5) is 0. The molecule has 0 saturated heterocycles. The van der Waals surface area contributed by atoms with Gasteiger partial charge in [0.2, 0.25) is 0 Å². The third-order valence-electron chi connectivity index (χ3n) is 2.42. The van der Waals surface area contributed by atoms with Crippen LogP contribution in [0.25, 0.3) is 6.08 Å². The van der Waals surface area contributed by atoms with Crippen molar-refractivity contribution in [3.05, 3.63) is 41.0 Å². The van der Waals surface area contributed by atoms with Crippen LogP contribution in [-0.4, -0.2) is 13.1 Å². The Balaban J connectivity index is 2.52. The van der Waals surface area contributed by atoms with Crippen molar-refractivity contribution in [2.45, 2.75) is 27.2 Å². The molecule has 1 N–H and O–H groups in total. The lowest BCUT2D eigenvalue weighted by Gasteiger charge is -2.02. The number of benzene rings is 1. The maximum absolute atomic E-state index is 3.35. The molecule has 1 nitrogen and oxygen atoms in total. The van der Waals surface area contributed by atoms with Gasteiger partial charge in [0.15, 0.2) is 0 Å². The van der Waals surface area contributed by atoms with Crippen molar-refractivity contribution in [3.8, 4) is 0 Å². The Kier molecular flexibility index (Phi) is 5.13. The molecule has 0 fully saturated rings. The number of hydrogen-bond acceptors (Lipinski definition) is 1. The molecule has 0 aromatic heterocycles. The number of rotatable bonds is 5. The van der Waals surface area contributed by atoms with Crippen molar-refractivity contribution in [2.75, 3.05) is 13.1 Å². The summed E-state index contributed by atoms with van der Waals surface area (Å²) >= 11 is 0. The summed E-state index contributed by atoms with van der Waals surface area (Å²) in [7, 11) is 0.